The second-order valence-corrected chi connectivity index (χ2v) is 5.44. The molecule has 20 heavy (non-hydrogen) atoms. The van der Waals surface area contributed by atoms with Gasteiger partial charge in [-0.3, -0.25) is 0 Å². The van der Waals surface area contributed by atoms with E-state index < -0.39 is 0 Å². The minimum Gasteiger partial charge on any atom is -0.496 e. The van der Waals surface area contributed by atoms with Gasteiger partial charge in [0, 0.05) is 24.1 Å². The number of ether oxygens (including phenoxy) is 2. The van der Waals surface area contributed by atoms with Crippen LogP contribution in [0.4, 0.5) is 0 Å². The molecule has 3 atom stereocenters. The van der Waals surface area contributed by atoms with Crippen molar-refractivity contribution in [1.82, 2.24) is 5.32 Å². The molecule has 1 fully saturated rings. The Hall–Kier alpha value is -1.06. The summed E-state index contributed by atoms with van der Waals surface area (Å²) in [5.41, 5.74) is 1.26. The Morgan fingerprint density at radius 3 is 2.85 bits per heavy atom. The highest BCUT2D eigenvalue weighted by Gasteiger charge is 2.35. The normalized spacial score (nSPS) is 23.8. The van der Waals surface area contributed by atoms with Crippen LogP contribution in [0.1, 0.15) is 44.7 Å². The van der Waals surface area contributed by atoms with Gasteiger partial charge in [0.25, 0.3) is 0 Å². The van der Waals surface area contributed by atoms with E-state index in [9.17, 15) is 0 Å². The first kappa shape index (κ1) is 15.3. The molecule has 1 saturated heterocycles. The van der Waals surface area contributed by atoms with E-state index >= 15 is 0 Å². The quantitative estimate of drug-likeness (QED) is 0.826. The molecule has 0 spiro atoms. The van der Waals surface area contributed by atoms with Crippen molar-refractivity contribution >= 4 is 0 Å². The molecule has 1 heterocycles. The molecule has 3 nitrogen and oxygen atoms in total. The Morgan fingerprint density at radius 1 is 1.35 bits per heavy atom. The fraction of sp³-hybridized carbons (Fsp3) is 0.647. The minimum atomic E-state index is 0.318. The fourth-order valence-corrected chi connectivity index (χ4v) is 3.18. The molecule has 0 radical (unpaired) electrons. The summed E-state index contributed by atoms with van der Waals surface area (Å²) in [4.78, 5) is 0. The Balaban J connectivity index is 2.26. The molecular formula is C17H27NO2. The predicted molar refractivity (Wildman–Crippen MR) is 82.2 cm³/mol. The van der Waals surface area contributed by atoms with Gasteiger partial charge in [0.05, 0.1) is 13.2 Å². The molecule has 3 heteroatoms. The van der Waals surface area contributed by atoms with Crippen molar-refractivity contribution < 1.29 is 9.47 Å². The average molecular weight is 277 g/mol. The highest BCUT2D eigenvalue weighted by Crippen LogP contribution is 2.38. The first-order valence-electron chi connectivity index (χ1n) is 7.79. The zero-order chi connectivity index (χ0) is 14.4. The summed E-state index contributed by atoms with van der Waals surface area (Å²) in [7, 11) is 1.75. The largest absolute Gasteiger partial charge is 0.496 e. The van der Waals surface area contributed by atoms with Crippen LogP contribution in [0, 0.1) is 5.92 Å². The number of rotatable bonds is 7. The van der Waals surface area contributed by atoms with Crippen molar-refractivity contribution in [2.75, 3.05) is 20.3 Å². The summed E-state index contributed by atoms with van der Waals surface area (Å²) in [6.45, 7) is 6.31. The van der Waals surface area contributed by atoms with Crippen LogP contribution in [0.2, 0.25) is 0 Å². The van der Waals surface area contributed by atoms with Crippen LogP contribution in [-0.2, 0) is 4.74 Å². The van der Waals surface area contributed by atoms with Crippen molar-refractivity contribution in [2.24, 2.45) is 5.92 Å². The molecule has 112 valence electrons. The van der Waals surface area contributed by atoms with Gasteiger partial charge in [-0.05, 0) is 31.9 Å². The van der Waals surface area contributed by atoms with E-state index in [-0.39, 0.29) is 0 Å². The van der Waals surface area contributed by atoms with Gasteiger partial charge in [0.2, 0.25) is 0 Å². The monoisotopic (exact) mass is 277 g/mol. The molecule has 0 aromatic heterocycles. The molecule has 0 saturated carbocycles. The number of hydrogen-bond acceptors (Lipinski definition) is 3. The molecule has 1 aromatic rings. The lowest BCUT2D eigenvalue weighted by Crippen LogP contribution is -2.33. The van der Waals surface area contributed by atoms with Crippen LogP contribution < -0.4 is 10.1 Å². The predicted octanol–water partition coefficient (Wildman–Crippen LogP) is 3.55. The third kappa shape index (κ3) is 3.33. The van der Waals surface area contributed by atoms with Crippen molar-refractivity contribution in [3.63, 3.8) is 0 Å². The third-order valence-electron chi connectivity index (χ3n) is 4.18. The van der Waals surface area contributed by atoms with Crippen LogP contribution in [0.25, 0.3) is 0 Å². The van der Waals surface area contributed by atoms with E-state index in [2.05, 4.69) is 31.3 Å². The molecule has 2 rings (SSSR count). The Kier molecular flexibility index (Phi) is 5.86. The van der Waals surface area contributed by atoms with E-state index in [4.69, 9.17) is 9.47 Å². The van der Waals surface area contributed by atoms with Gasteiger partial charge in [0.15, 0.2) is 0 Å². The van der Waals surface area contributed by atoms with E-state index in [0.717, 1.165) is 38.2 Å². The highest BCUT2D eigenvalue weighted by molar-refractivity contribution is 5.36. The Bertz CT molecular complexity index is 408. The average Bonchev–Trinajstić information content (AvgIpc) is 2.96. The third-order valence-corrected chi connectivity index (χ3v) is 4.18. The fourth-order valence-electron chi connectivity index (χ4n) is 3.18. The summed E-state index contributed by atoms with van der Waals surface area (Å²) in [5, 5.41) is 3.71. The van der Waals surface area contributed by atoms with Crippen LogP contribution in [-0.4, -0.2) is 26.4 Å². The molecule has 0 bridgehead atoms. The molecule has 0 amide bonds. The van der Waals surface area contributed by atoms with Crippen molar-refractivity contribution in [3.05, 3.63) is 29.8 Å². The van der Waals surface area contributed by atoms with Gasteiger partial charge in [-0.1, -0.05) is 32.0 Å². The van der Waals surface area contributed by atoms with Crippen LogP contribution in [0.3, 0.4) is 0 Å². The summed E-state index contributed by atoms with van der Waals surface area (Å²) < 4.78 is 11.4. The Labute approximate surface area is 122 Å². The van der Waals surface area contributed by atoms with Gasteiger partial charge in [-0.25, -0.2) is 0 Å². The lowest BCUT2D eigenvalue weighted by Gasteiger charge is -2.29. The lowest BCUT2D eigenvalue weighted by atomic mass is 9.86. The summed E-state index contributed by atoms with van der Waals surface area (Å²) in [6.07, 6.45) is 3.69. The number of nitrogens with one attached hydrogen (secondary N) is 1. The highest BCUT2D eigenvalue weighted by atomic mass is 16.5. The van der Waals surface area contributed by atoms with Crippen molar-refractivity contribution in [3.8, 4) is 5.75 Å². The summed E-state index contributed by atoms with van der Waals surface area (Å²) >= 11 is 0. The van der Waals surface area contributed by atoms with E-state index in [1.54, 1.807) is 7.11 Å². The van der Waals surface area contributed by atoms with E-state index in [1.807, 2.05) is 12.1 Å². The summed E-state index contributed by atoms with van der Waals surface area (Å²) in [6, 6.07) is 8.67. The van der Waals surface area contributed by atoms with Crippen LogP contribution in [0.5, 0.6) is 5.75 Å². The SMILES string of the molecule is CCCNC(c1ccccc1OC)C1CCOC1CC. The maximum absolute atomic E-state index is 5.89. The second kappa shape index (κ2) is 7.65. The van der Waals surface area contributed by atoms with E-state index in [0.29, 0.717) is 18.1 Å². The minimum absolute atomic E-state index is 0.318. The van der Waals surface area contributed by atoms with Gasteiger partial charge in [-0.2, -0.15) is 0 Å². The van der Waals surface area contributed by atoms with E-state index in [1.165, 1.54) is 5.56 Å². The molecule has 1 aromatic carbocycles. The number of para-hydroxylation sites is 1. The maximum Gasteiger partial charge on any atom is 0.123 e. The summed E-state index contributed by atoms with van der Waals surface area (Å²) in [5.74, 6) is 1.51. The van der Waals surface area contributed by atoms with Crippen molar-refractivity contribution in [2.45, 2.75) is 45.3 Å². The second-order valence-electron chi connectivity index (χ2n) is 5.44. The first-order valence-corrected chi connectivity index (χ1v) is 7.79. The van der Waals surface area contributed by atoms with Crippen LogP contribution in [0.15, 0.2) is 24.3 Å². The molecule has 3 unspecified atom stereocenters. The molecule has 1 aliphatic rings. The number of hydrogen-bond donors (Lipinski definition) is 1. The molecule has 1 aliphatic heterocycles. The van der Waals surface area contributed by atoms with Crippen LogP contribution >= 0.6 is 0 Å². The van der Waals surface area contributed by atoms with Gasteiger partial charge >= 0.3 is 0 Å². The van der Waals surface area contributed by atoms with Gasteiger partial charge in [-0.15, -0.1) is 0 Å². The Morgan fingerprint density at radius 2 is 2.15 bits per heavy atom. The zero-order valence-corrected chi connectivity index (χ0v) is 12.9. The van der Waals surface area contributed by atoms with Crippen molar-refractivity contribution in [1.29, 1.82) is 0 Å². The number of benzene rings is 1. The first-order chi connectivity index (χ1) is 9.81. The lowest BCUT2D eigenvalue weighted by molar-refractivity contribution is 0.0771. The standard InChI is InChI=1S/C17H27NO2/c1-4-11-18-17(14-10-12-20-15(14)5-2)13-8-6-7-9-16(13)19-3/h6-9,14-15,17-18H,4-5,10-12H2,1-3H3. The molecule has 1 N–H and O–H groups in total. The zero-order valence-electron chi connectivity index (χ0n) is 12.9. The maximum atomic E-state index is 5.89. The molecule has 0 aliphatic carbocycles. The smallest absolute Gasteiger partial charge is 0.123 e. The topological polar surface area (TPSA) is 30.5 Å². The molecular weight excluding hydrogens is 250 g/mol. The van der Waals surface area contributed by atoms with Gasteiger partial charge < -0.3 is 14.8 Å². The van der Waals surface area contributed by atoms with Gasteiger partial charge in [0.1, 0.15) is 5.75 Å². The number of methoxy groups -OCH3 is 1.